The Hall–Kier alpha value is -1.66. The molecule has 4 heteroatoms. The van der Waals surface area contributed by atoms with Crippen molar-refractivity contribution in [2.45, 2.75) is 12.8 Å². The molecule has 0 amide bonds. The normalized spacial score (nSPS) is 10.3. The van der Waals surface area contributed by atoms with E-state index < -0.39 is 0 Å². The quantitative estimate of drug-likeness (QED) is 0.746. The Bertz CT molecular complexity index is 575. The lowest BCUT2D eigenvalue weighted by atomic mass is 10.1. The topological polar surface area (TPSA) is 36.7 Å². The predicted octanol–water partition coefficient (Wildman–Crippen LogP) is 3.48. The first-order chi connectivity index (χ1) is 7.72. The van der Waals surface area contributed by atoms with Gasteiger partial charge in [0.15, 0.2) is 0 Å². The number of hydrogen-bond acceptors (Lipinski definition) is 2. The smallest absolute Gasteiger partial charge is 0.149 e. The van der Waals surface area contributed by atoms with Crippen LogP contribution in [0, 0.1) is 17.1 Å². The lowest BCUT2D eigenvalue weighted by Gasteiger charge is -2.04. The molecule has 0 atom stereocenters. The number of nitrogens with zero attached hydrogens (tertiary/aromatic N) is 2. The summed E-state index contributed by atoms with van der Waals surface area (Å²) in [6, 6.07) is 8.57. The second-order valence-electron chi connectivity index (χ2n) is 3.41. The summed E-state index contributed by atoms with van der Waals surface area (Å²) >= 11 is 5.92. The van der Waals surface area contributed by atoms with Crippen LogP contribution < -0.4 is 0 Å². The van der Waals surface area contributed by atoms with Gasteiger partial charge in [-0.3, -0.25) is 0 Å². The number of benzene rings is 1. The Morgan fingerprint density at radius 1 is 1.44 bits per heavy atom. The van der Waals surface area contributed by atoms with Crippen LogP contribution in [0.3, 0.4) is 0 Å². The van der Waals surface area contributed by atoms with Crippen LogP contribution in [-0.2, 0) is 6.42 Å². The van der Waals surface area contributed by atoms with E-state index in [4.69, 9.17) is 16.9 Å². The van der Waals surface area contributed by atoms with Gasteiger partial charge in [-0.2, -0.15) is 5.26 Å². The third-order valence-corrected chi connectivity index (χ3v) is 2.66. The second kappa shape index (κ2) is 4.46. The van der Waals surface area contributed by atoms with Crippen molar-refractivity contribution in [2.24, 2.45) is 0 Å². The summed E-state index contributed by atoms with van der Waals surface area (Å²) in [7, 11) is 0. The maximum atomic E-state index is 13.4. The Balaban J connectivity index is 2.55. The van der Waals surface area contributed by atoms with Gasteiger partial charge in [0.05, 0.1) is 6.07 Å². The van der Waals surface area contributed by atoms with Crippen LogP contribution in [0.25, 0.3) is 10.9 Å². The molecule has 0 aliphatic rings. The molecule has 1 heterocycles. The summed E-state index contributed by atoms with van der Waals surface area (Å²) in [5, 5.41) is 9.48. The number of aromatic nitrogens is 1. The van der Waals surface area contributed by atoms with Gasteiger partial charge in [-0.15, -0.1) is 0 Å². The van der Waals surface area contributed by atoms with Crippen molar-refractivity contribution in [1.82, 2.24) is 4.98 Å². The molecule has 0 radical (unpaired) electrons. The third kappa shape index (κ3) is 1.98. The summed E-state index contributed by atoms with van der Waals surface area (Å²) in [5.74, 6) is -0.383. The molecule has 2 nitrogen and oxygen atoms in total. The van der Waals surface area contributed by atoms with E-state index in [-0.39, 0.29) is 16.5 Å². The number of pyridine rings is 1. The number of aryl methyl sites for hydroxylation is 1. The molecule has 0 aliphatic heterocycles. The van der Waals surface area contributed by atoms with Gasteiger partial charge < -0.3 is 0 Å². The highest BCUT2D eigenvalue weighted by atomic mass is 35.5. The van der Waals surface area contributed by atoms with Crippen LogP contribution in [-0.4, -0.2) is 4.98 Å². The lowest BCUT2D eigenvalue weighted by Crippen LogP contribution is -1.92. The summed E-state index contributed by atoms with van der Waals surface area (Å²) in [4.78, 5) is 4.01. The van der Waals surface area contributed by atoms with Crippen molar-refractivity contribution in [1.29, 1.82) is 5.26 Å². The predicted molar refractivity (Wildman–Crippen MR) is 60.6 cm³/mol. The molecule has 0 spiro atoms. The highest BCUT2D eigenvalue weighted by molar-refractivity contribution is 6.30. The van der Waals surface area contributed by atoms with Gasteiger partial charge in [0.2, 0.25) is 0 Å². The number of rotatable bonds is 2. The van der Waals surface area contributed by atoms with Gasteiger partial charge in [-0.25, -0.2) is 9.37 Å². The molecule has 0 saturated carbocycles. The molecule has 2 aromatic rings. The number of halogens is 2. The number of fused-ring (bicyclic) bond motifs is 1. The summed E-state index contributed by atoms with van der Waals surface area (Å²) in [5.41, 5.74) is 1.05. The summed E-state index contributed by atoms with van der Waals surface area (Å²) in [6.45, 7) is 0. The van der Waals surface area contributed by atoms with E-state index in [0.29, 0.717) is 18.2 Å². The van der Waals surface area contributed by atoms with Crippen molar-refractivity contribution in [3.05, 3.63) is 40.8 Å². The van der Waals surface area contributed by atoms with E-state index in [9.17, 15) is 4.39 Å². The molecule has 0 N–H and O–H groups in total. The summed E-state index contributed by atoms with van der Waals surface area (Å²) < 4.78 is 13.4. The summed E-state index contributed by atoms with van der Waals surface area (Å²) in [6.07, 6.45) is 0.914. The van der Waals surface area contributed by atoms with E-state index in [1.807, 2.05) is 6.07 Å². The molecule has 1 aromatic carbocycles. The van der Waals surface area contributed by atoms with E-state index in [0.717, 1.165) is 5.56 Å². The molecule has 0 aliphatic carbocycles. The van der Waals surface area contributed by atoms with E-state index >= 15 is 0 Å². The van der Waals surface area contributed by atoms with Crippen LogP contribution >= 0.6 is 11.6 Å². The first-order valence-corrected chi connectivity index (χ1v) is 5.21. The van der Waals surface area contributed by atoms with Crippen LogP contribution in [0.2, 0.25) is 5.15 Å². The van der Waals surface area contributed by atoms with Crippen LogP contribution in [0.5, 0.6) is 0 Å². The van der Waals surface area contributed by atoms with E-state index in [1.54, 1.807) is 18.2 Å². The van der Waals surface area contributed by atoms with E-state index in [2.05, 4.69) is 4.98 Å². The molecule has 16 heavy (non-hydrogen) atoms. The monoisotopic (exact) mass is 234 g/mol. The molecule has 0 saturated heterocycles. The Morgan fingerprint density at radius 3 is 3.00 bits per heavy atom. The highest BCUT2D eigenvalue weighted by Gasteiger charge is 2.07. The number of para-hydroxylation sites is 1. The number of hydrogen-bond donors (Lipinski definition) is 0. The zero-order valence-corrected chi connectivity index (χ0v) is 9.13. The standard InChI is InChI=1S/C12H8ClFN2/c13-12-9(4-2-6-15)7-8-3-1-5-10(14)11(8)16-12/h1,3,5,7H,2,4H2. The van der Waals surface area contributed by atoms with Gasteiger partial charge in [-0.1, -0.05) is 23.7 Å². The number of nitriles is 1. The second-order valence-corrected chi connectivity index (χ2v) is 3.77. The minimum Gasteiger partial charge on any atom is -0.233 e. The Labute approximate surface area is 97.3 Å². The first kappa shape index (κ1) is 10.8. The Morgan fingerprint density at radius 2 is 2.25 bits per heavy atom. The fourth-order valence-electron chi connectivity index (χ4n) is 1.55. The fraction of sp³-hybridized carbons (Fsp3) is 0.167. The first-order valence-electron chi connectivity index (χ1n) is 4.83. The molecule has 0 bridgehead atoms. The van der Waals surface area contributed by atoms with Crippen molar-refractivity contribution >= 4 is 22.5 Å². The Kier molecular flexibility index (Phi) is 3.02. The van der Waals surface area contributed by atoms with Gasteiger partial charge in [0, 0.05) is 11.8 Å². The molecular formula is C12H8ClFN2. The van der Waals surface area contributed by atoms with Gasteiger partial charge in [0.25, 0.3) is 0 Å². The van der Waals surface area contributed by atoms with Gasteiger partial charge in [0.1, 0.15) is 16.5 Å². The molecule has 80 valence electrons. The zero-order valence-electron chi connectivity index (χ0n) is 8.37. The fourth-order valence-corrected chi connectivity index (χ4v) is 1.78. The van der Waals surface area contributed by atoms with Gasteiger partial charge in [-0.05, 0) is 24.1 Å². The van der Waals surface area contributed by atoms with E-state index in [1.165, 1.54) is 6.07 Å². The van der Waals surface area contributed by atoms with Crippen molar-refractivity contribution < 1.29 is 4.39 Å². The average Bonchev–Trinajstić information content (AvgIpc) is 2.28. The van der Waals surface area contributed by atoms with Crippen molar-refractivity contribution in [3.63, 3.8) is 0 Å². The third-order valence-electron chi connectivity index (χ3n) is 2.33. The highest BCUT2D eigenvalue weighted by Crippen LogP contribution is 2.23. The molecule has 0 unspecified atom stereocenters. The van der Waals surface area contributed by atoms with Crippen molar-refractivity contribution in [2.75, 3.05) is 0 Å². The lowest BCUT2D eigenvalue weighted by molar-refractivity contribution is 0.636. The average molecular weight is 235 g/mol. The minimum atomic E-state index is -0.383. The molecule has 1 aromatic heterocycles. The maximum Gasteiger partial charge on any atom is 0.149 e. The molecule has 0 fully saturated rings. The molecular weight excluding hydrogens is 227 g/mol. The van der Waals surface area contributed by atoms with Crippen LogP contribution in [0.15, 0.2) is 24.3 Å². The minimum absolute atomic E-state index is 0.271. The van der Waals surface area contributed by atoms with Crippen molar-refractivity contribution in [3.8, 4) is 6.07 Å². The van der Waals surface area contributed by atoms with Crippen LogP contribution in [0.1, 0.15) is 12.0 Å². The zero-order chi connectivity index (χ0) is 11.5. The van der Waals surface area contributed by atoms with Crippen LogP contribution in [0.4, 0.5) is 4.39 Å². The SMILES string of the molecule is N#CCCc1cc2cccc(F)c2nc1Cl. The largest absolute Gasteiger partial charge is 0.233 e. The maximum absolute atomic E-state index is 13.4. The molecule has 2 rings (SSSR count). The van der Waals surface area contributed by atoms with Gasteiger partial charge >= 0.3 is 0 Å².